The Morgan fingerprint density at radius 2 is 1.81 bits per heavy atom. The second kappa shape index (κ2) is 5.29. The molecule has 0 saturated carbocycles. The van der Waals surface area contributed by atoms with Gasteiger partial charge >= 0.3 is 0 Å². The molecular weight excluding hydrogens is 342 g/mol. The first-order valence-corrected chi connectivity index (χ1v) is 6.87. The summed E-state index contributed by atoms with van der Waals surface area (Å²) in [7, 11) is 0. The molecule has 0 bridgehead atoms. The monoisotopic (exact) mass is 350 g/mol. The van der Waals surface area contributed by atoms with Crippen LogP contribution in [0.4, 0.5) is 14.5 Å². The third-order valence-electron chi connectivity index (χ3n) is 3.08. The minimum Gasteiger partial charge on any atom is -0.360 e. The van der Waals surface area contributed by atoms with Crippen LogP contribution in [0, 0.1) is 11.6 Å². The highest BCUT2D eigenvalue weighted by atomic mass is 79.9. The summed E-state index contributed by atoms with van der Waals surface area (Å²) >= 11 is 2.99. The summed E-state index contributed by atoms with van der Waals surface area (Å²) in [6.07, 6.45) is 1.51. The molecule has 0 aliphatic carbocycles. The quantitative estimate of drug-likeness (QED) is 0.704. The van der Waals surface area contributed by atoms with E-state index in [1.54, 1.807) is 12.1 Å². The van der Waals surface area contributed by atoms with Crippen molar-refractivity contribution >= 4 is 38.4 Å². The Balaban J connectivity index is 1.97. The van der Waals surface area contributed by atoms with Crippen LogP contribution >= 0.6 is 15.9 Å². The number of hydrogen-bond acceptors (Lipinski definition) is 1. The van der Waals surface area contributed by atoms with Crippen molar-refractivity contribution in [2.45, 2.75) is 0 Å². The van der Waals surface area contributed by atoms with Gasteiger partial charge in [-0.05, 0) is 18.2 Å². The lowest BCUT2D eigenvalue weighted by Gasteiger charge is -2.07. The summed E-state index contributed by atoms with van der Waals surface area (Å²) in [5.41, 5.74) is 0.639. The minimum atomic E-state index is -0.838. The number of amides is 1. The van der Waals surface area contributed by atoms with Gasteiger partial charge in [0.2, 0.25) is 0 Å². The molecule has 3 rings (SSSR count). The predicted octanol–water partition coefficient (Wildman–Crippen LogP) is 4.46. The first-order chi connectivity index (χ1) is 10.1. The number of anilines is 1. The number of hydrogen-bond donors (Lipinski definition) is 2. The maximum absolute atomic E-state index is 13.7. The van der Waals surface area contributed by atoms with Crippen molar-refractivity contribution in [3.05, 3.63) is 64.3 Å². The number of nitrogens with one attached hydrogen (secondary N) is 2. The van der Waals surface area contributed by atoms with Crippen LogP contribution in [0.1, 0.15) is 10.4 Å². The fourth-order valence-corrected chi connectivity index (χ4v) is 2.50. The SMILES string of the molecule is O=C(Nc1c(F)cc(Br)cc1F)c1c[nH]c2ccccc12. The Hall–Kier alpha value is -2.21. The summed E-state index contributed by atoms with van der Waals surface area (Å²) < 4.78 is 27.7. The normalized spacial score (nSPS) is 10.8. The number of fused-ring (bicyclic) bond motifs is 1. The van der Waals surface area contributed by atoms with E-state index in [2.05, 4.69) is 26.2 Å². The first kappa shape index (κ1) is 13.8. The summed E-state index contributed by atoms with van der Waals surface area (Å²) in [5.74, 6) is -2.25. The number of rotatable bonds is 2. The van der Waals surface area contributed by atoms with Crippen molar-refractivity contribution in [1.82, 2.24) is 4.98 Å². The zero-order valence-electron chi connectivity index (χ0n) is 10.6. The number of benzene rings is 2. The molecule has 1 aromatic heterocycles. The Morgan fingerprint density at radius 1 is 1.14 bits per heavy atom. The lowest BCUT2D eigenvalue weighted by Crippen LogP contribution is -2.14. The molecule has 0 unspecified atom stereocenters. The van der Waals surface area contributed by atoms with E-state index in [1.165, 1.54) is 6.20 Å². The number of H-pyrrole nitrogens is 1. The van der Waals surface area contributed by atoms with Crippen LogP contribution in [-0.4, -0.2) is 10.9 Å². The highest BCUT2D eigenvalue weighted by Crippen LogP contribution is 2.25. The average Bonchev–Trinajstić information content (AvgIpc) is 2.86. The second-order valence-electron chi connectivity index (χ2n) is 4.45. The van der Waals surface area contributed by atoms with Gasteiger partial charge in [-0.3, -0.25) is 4.79 Å². The maximum Gasteiger partial charge on any atom is 0.257 e. The lowest BCUT2D eigenvalue weighted by atomic mass is 10.1. The van der Waals surface area contributed by atoms with E-state index in [9.17, 15) is 13.6 Å². The molecule has 0 atom stereocenters. The molecule has 21 heavy (non-hydrogen) atoms. The average molecular weight is 351 g/mol. The molecule has 0 fully saturated rings. The number of aromatic nitrogens is 1. The third kappa shape index (κ3) is 2.54. The zero-order chi connectivity index (χ0) is 15.0. The molecule has 0 saturated heterocycles. The number of aromatic amines is 1. The van der Waals surface area contributed by atoms with Gasteiger partial charge in [0.25, 0.3) is 5.91 Å². The third-order valence-corrected chi connectivity index (χ3v) is 3.54. The predicted molar refractivity (Wildman–Crippen MR) is 80.3 cm³/mol. The molecule has 3 nitrogen and oxygen atoms in total. The van der Waals surface area contributed by atoms with Crippen LogP contribution < -0.4 is 5.32 Å². The second-order valence-corrected chi connectivity index (χ2v) is 5.36. The van der Waals surface area contributed by atoms with E-state index >= 15 is 0 Å². The molecule has 2 aromatic carbocycles. The van der Waals surface area contributed by atoms with Gasteiger partial charge in [-0.1, -0.05) is 34.1 Å². The van der Waals surface area contributed by atoms with Gasteiger partial charge in [0.1, 0.15) is 5.69 Å². The minimum absolute atomic E-state index is 0.266. The molecule has 0 aliphatic rings. The standard InChI is InChI=1S/C15H9BrF2N2O/c16-8-5-11(17)14(12(18)6-8)20-15(21)10-7-19-13-4-2-1-3-9(10)13/h1-7,19H,(H,20,21). The van der Waals surface area contributed by atoms with Gasteiger partial charge in [0, 0.05) is 21.6 Å². The van der Waals surface area contributed by atoms with Gasteiger partial charge in [-0.25, -0.2) is 8.78 Å². The molecule has 106 valence electrons. The highest BCUT2D eigenvalue weighted by molar-refractivity contribution is 9.10. The maximum atomic E-state index is 13.7. The fourth-order valence-electron chi connectivity index (χ4n) is 2.10. The van der Waals surface area contributed by atoms with Gasteiger partial charge in [0.05, 0.1) is 5.56 Å². The number of carbonyl (C=O) groups excluding carboxylic acids is 1. The van der Waals surface area contributed by atoms with Gasteiger partial charge in [-0.15, -0.1) is 0 Å². The summed E-state index contributed by atoms with van der Waals surface area (Å²) in [6, 6.07) is 9.37. The van der Waals surface area contributed by atoms with Gasteiger partial charge < -0.3 is 10.3 Å². The first-order valence-electron chi connectivity index (χ1n) is 6.08. The molecule has 1 amide bonds. The van der Waals surface area contributed by atoms with Crippen molar-refractivity contribution in [1.29, 1.82) is 0 Å². The van der Waals surface area contributed by atoms with E-state index in [1.807, 2.05) is 12.1 Å². The van der Waals surface area contributed by atoms with Crippen LogP contribution in [0.25, 0.3) is 10.9 Å². The van der Waals surface area contributed by atoms with Crippen LogP contribution in [0.5, 0.6) is 0 Å². The van der Waals surface area contributed by atoms with Crippen molar-refractivity contribution in [3.8, 4) is 0 Å². The molecule has 2 N–H and O–H groups in total. The molecular formula is C15H9BrF2N2O. The zero-order valence-corrected chi connectivity index (χ0v) is 12.2. The fraction of sp³-hybridized carbons (Fsp3) is 0. The lowest BCUT2D eigenvalue weighted by molar-refractivity contribution is 0.102. The molecule has 3 aromatic rings. The van der Waals surface area contributed by atoms with Gasteiger partial charge in [-0.2, -0.15) is 0 Å². The smallest absolute Gasteiger partial charge is 0.257 e. The topological polar surface area (TPSA) is 44.9 Å². The number of carbonyl (C=O) groups is 1. The number of halogens is 3. The van der Waals surface area contributed by atoms with Gasteiger partial charge in [0.15, 0.2) is 11.6 Å². The molecule has 0 spiro atoms. The van der Waals surface area contributed by atoms with E-state index < -0.39 is 23.2 Å². The molecule has 1 heterocycles. The van der Waals surface area contributed by atoms with Crippen molar-refractivity contribution < 1.29 is 13.6 Å². The van der Waals surface area contributed by atoms with Crippen molar-refractivity contribution in [3.63, 3.8) is 0 Å². The van der Waals surface area contributed by atoms with E-state index in [4.69, 9.17) is 0 Å². The molecule has 6 heteroatoms. The Labute approximate surface area is 127 Å². The van der Waals surface area contributed by atoms with E-state index in [-0.39, 0.29) is 4.47 Å². The number of para-hydroxylation sites is 1. The summed E-state index contributed by atoms with van der Waals surface area (Å²) in [5, 5.41) is 2.96. The van der Waals surface area contributed by atoms with Crippen LogP contribution in [0.2, 0.25) is 0 Å². The van der Waals surface area contributed by atoms with Crippen LogP contribution in [0.15, 0.2) is 47.1 Å². The van der Waals surface area contributed by atoms with Crippen LogP contribution in [0.3, 0.4) is 0 Å². The summed E-state index contributed by atoms with van der Waals surface area (Å²) in [6.45, 7) is 0. The molecule has 0 aliphatic heterocycles. The largest absolute Gasteiger partial charge is 0.360 e. The van der Waals surface area contributed by atoms with Crippen molar-refractivity contribution in [2.75, 3.05) is 5.32 Å². The van der Waals surface area contributed by atoms with E-state index in [0.29, 0.717) is 10.9 Å². The Kier molecular flexibility index (Phi) is 3.47. The summed E-state index contributed by atoms with van der Waals surface area (Å²) in [4.78, 5) is 15.1. The molecule has 0 radical (unpaired) electrons. The van der Waals surface area contributed by atoms with E-state index in [0.717, 1.165) is 17.6 Å². The van der Waals surface area contributed by atoms with Crippen molar-refractivity contribution in [2.24, 2.45) is 0 Å². The van der Waals surface area contributed by atoms with Crippen LogP contribution in [-0.2, 0) is 0 Å². The highest BCUT2D eigenvalue weighted by Gasteiger charge is 2.17. The Morgan fingerprint density at radius 3 is 2.52 bits per heavy atom. The Bertz CT molecular complexity index is 822.